The standard InChI is InChI=1S/C6H11O7P/c7-4-1-3(13-14(10,11)12)2-5(8)6(4)9/h1,4-9H,2H2,(H2,10,11,12)/t4-,5+,6+/m1/s1. The minimum Gasteiger partial charge on any atom is -0.409 e. The lowest BCUT2D eigenvalue weighted by Crippen LogP contribution is -2.40. The number of phosphoric ester groups is 1. The summed E-state index contributed by atoms with van der Waals surface area (Å²) >= 11 is 0. The van der Waals surface area contributed by atoms with Crippen LogP contribution in [0.2, 0.25) is 0 Å². The average molecular weight is 226 g/mol. The lowest BCUT2D eigenvalue weighted by Gasteiger charge is -2.27. The van der Waals surface area contributed by atoms with Crippen LogP contribution in [0.4, 0.5) is 0 Å². The van der Waals surface area contributed by atoms with E-state index in [1.807, 2.05) is 0 Å². The smallest absolute Gasteiger partial charge is 0.409 e. The molecule has 0 aromatic heterocycles. The first kappa shape index (κ1) is 11.6. The first-order chi connectivity index (χ1) is 6.29. The van der Waals surface area contributed by atoms with Crippen LogP contribution >= 0.6 is 7.82 Å². The van der Waals surface area contributed by atoms with Gasteiger partial charge in [-0.2, -0.15) is 0 Å². The largest absolute Gasteiger partial charge is 0.524 e. The Kier molecular flexibility index (Phi) is 3.31. The summed E-state index contributed by atoms with van der Waals surface area (Å²) < 4.78 is 14.6. The van der Waals surface area contributed by atoms with Crippen molar-refractivity contribution < 1.29 is 34.2 Å². The van der Waals surface area contributed by atoms with E-state index in [2.05, 4.69) is 4.52 Å². The summed E-state index contributed by atoms with van der Waals surface area (Å²) in [6.45, 7) is 0. The topological polar surface area (TPSA) is 127 Å². The third-order valence-corrected chi connectivity index (χ3v) is 2.22. The number of rotatable bonds is 2. The molecule has 0 unspecified atom stereocenters. The van der Waals surface area contributed by atoms with Crippen molar-refractivity contribution in [1.82, 2.24) is 0 Å². The maximum atomic E-state index is 10.4. The second-order valence-corrected chi connectivity index (χ2v) is 4.13. The first-order valence-electron chi connectivity index (χ1n) is 3.79. The zero-order chi connectivity index (χ0) is 10.9. The van der Waals surface area contributed by atoms with Crippen LogP contribution in [0.25, 0.3) is 0 Å². The van der Waals surface area contributed by atoms with E-state index >= 15 is 0 Å². The highest BCUT2D eigenvalue weighted by Gasteiger charge is 2.32. The van der Waals surface area contributed by atoms with Gasteiger partial charge in [-0.3, -0.25) is 9.79 Å². The quantitative estimate of drug-likeness (QED) is 0.361. The molecule has 1 aliphatic rings. The number of phosphoric acid groups is 1. The fraction of sp³-hybridized carbons (Fsp3) is 0.667. The first-order valence-corrected chi connectivity index (χ1v) is 5.32. The summed E-state index contributed by atoms with van der Waals surface area (Å²) in [7, 11) is -4.68. The van der Waals surface area contributed by atoms with Crippen LogP contribution in [-0.2, 0) is 9.09 Å². The molecule has 0 heterocycles. The third-order valence-electron chi connectivity index (χ3n) is 1.75. The second-order valence-electron chi connectivity index (χ2n) is 2.97. The molecular formula is C6H11O7P. The summed E-state index contributed by atoms with van der Waals surface area (Å²) in [6.07, 6.45) is -3.34. The van der Waals surface area contributed by atoms with Crippen LogP contribution < -0.4 is 0 Å². The highest BCUT2D eigenvalue weighted by atomic mass is 31.2. The lowest BCUT2D eigenvalue weighted by atomic mass is 9.97. The van der Waals surface area contributed by atoms with E-state index in [9.17, 15) is 4.57 Å². The van der Waals surface area contributed by atoms with Crippen molar-refractivity contribution >= 4 is 7.82 Å². The fourth-order valence-corrected chi connectivity index (χ4v) is 1.57. The zero-order valence-corrected chi connectivity index (χ0v) is 7.91. The van der Waals surface area contributed by atoms with Gasteiger partial charge in [-0.25, -0.2) is 4.57 Å². The molecule has 0 saturated heterocycles. The van der Waals surface area contributed by atoms with Crippen molar-refractivity contribution in [2.45, 2.75) is 24.7 Å². The molecule has 82 valence electrons. The van der Waals surface area contributed by atoms with Gasteiger partial charge < -0.3 is 19.8 Å². The van der Waals surface area contributed by atoms with Gasteiger partial charge in [-0.1, -0.05) is 0 Å². The van der Waals surface area contributed by atoms with E-state index in [0.29, 0.717) is 0 Å². The Labute approximate surface area is 79.5 Å². The molecule has 3 atom stereocenters. The minimum absolute atomic E-state index is 0.233. The molecule has 0 fully saturated rings. The zero-order valence-electron chi connectivity index (χ0n) is 7.02. The van der Waals surface area contributed by atoms with Crippen molar-refractivity contribution in [2.24, 2.45) is 0 Å². The molecule has 7 nitrogen and oxygen atoms in total. The summed E-state index contributed by atoms with van der Waals surface area (Å²) in [5.74, 6) is -0.233. The number of aliphatic hydroxyl groups excluding tert-OH is 3. The molecule has 5 N–H and O–H groups in total. The van der Waals surface area contributed by atoms with Crippen molar-refractivity contribution in [2.75, 3.05) is 0 Å². The van der Waals surface area contributed by atoms with E-state index in [-0.39, 0.29) is 12.2 Å². The van der Waals surface area contributed by atoms with E-state index < -0.39 is 26.1 Å². The third kappa shape index (κ3) is 3.06. The predicted molar refractivity (Wildman–Crippen MR) is 43.8 cm³/mol. The predicted octanol–water partition coefficient (Wildman–Crippen LogP) is -1.53. The highest BCUT2D eigenvalue weighted by molar-refractivity contribution is 7.46. The minimum atomic E-state index is -4.68. The molecule has 1 aliphatic carbocycles. The van der Waals surface area contributed by atoms with Crippen molar-refractivity contribution in [3.8, 4) is 0 Å². The van der Waals surface area contributed by atoms with Crippen molar-refractivity contribution in [1.29, 1.82) is 0 Å². The maximum Gasteiger partial charge on any atom is 0.524 e. The van der Waals surface area contributed by atoms with Crippen LogP contribution in [0.1, 0.15) is 6.42 Å². The number of hydrogen-bond acceptors (Lipinski definition) is 5. The SMILES string of the molecule is O=P(O)(O)OC1=C[C@@H](O)[C@H](O)[C@@H](O)C1. The normalized spacial score (nSPS) is 33.8. The molecule has 0 saturated carbocycles. The Hall–Kier alpha value is -0.430. The fourth-order valence-electron chi connectivity index (χ4n) is 1.13. The lowest BCUT2D eigenvalue weighted by molar-refractivity contribution is -0.0534. The van der Waals surface area contributed by atoms with Crippen LogP contribution in [-0.4, -0.2) is 43.4 Å². The molecule has 0 aromatic rings. The van der Waals surface area contributed by atoms with Gasteiger partial charge in [0.05, 0.1) is 6.10 Å². The molecule has 1 rings (SSSR count). The van der Waals surface area contributed by atoms with Crippen LogP contribution in [0.3, 0.4) is 0 Å². The Balaban J connectivity index is 2.73. The summed E-state index contributed by atoms with van der Waals surface area (Å²) in [5, 5.41) is 27.3. The Morgan fingerprint density at radius 3 is 2.36 bits per heavy atom. The summed E-state index contributed by atoms with van der Waals surface area (Å²) in [6, 6.07) is 0. The molecular weight excluding hydrogens is 215 g/mol. The van der Waals surface area contributed by atoms with Gasteiger partial charge in [0.15, 0.2) is 0 Å². The second kappa shape index (κ2) is 3.98. The van der Waals surface area contributed by atoms with Gasteiger partial charge in [0.25, 0.3) is 0 Å². The van der Waals surface area contributed by atoms with Gasteiger partial charge in [0, 0.05) is 6.42 Å². The van der Waals surface area contributed by atoms with Gasteiger partial charge in [-0.15, -0.1) is 0 Å². The Morgan fingerprint density at radius 1 is 1.36 bits per heavy atom. The van der Waals surface area contributed by atoms with E-state index in [4.69, 9.17) is 25.1 Å². The molecule has 0 spiro atoms. The summed E-state index contributed by atoms with van der Waals surface area (Å²) in [4.78, 5) is 16.9. The monoisotopic (exact) mass is 226 g/mol. The van der Waals surface area contributed by atoms with Gasteiger partial charge in [0.2, 0.25) is 0 Å². The van der Waals surface area contributed by atoms with Gasteiger partial charge in [-0.05, 0) is 6.08 Å². The van der Waals surface area contributed by atoms with E-state index in [0.717, 1.165) is 6.08 Å². The molecule has 14 heavy (non-hydrogen) atoms. The van der Waals surface area contributed by atoms with Gasteiger partial charge >= 0.3 is 7.82 Å². The van der Waals surface area contributed by atoms with Crippen molar-refractivity contribution in [3.63, 3.8) is 0 Å². The van der Waals surface area contributed by atoms with E-state index in [1.54, 1.807) is 0 Å². The van der Waals surface area contributed by atoms with Gasteiger partial charge in [0.1, 0.15) is 18.0 Å². The molecule has 0 aromatic carbocycles. The molecule has 0 radical (unpaired) electrons. The van der Waals surface area contributed by atoms with Crippen LogP contribution in [0.15, 0.2) is 11.8 Å². The molecule has 0 bridgehead atoms. The van der Waals surface area contributed by atoms with Crippen LogP contribution in [0, 0.1) is 0 Å². The highest BCUT2D eigenvalue weighted by Crippen LogP contribution is 2.41. The Bertz CT molecular complexity index is 282. The maximum absolute atomic E-state index is 10.4. The van der Waals surface area contributed by atoms with Crippen molar-refractivity contribution in [3.05, 3.63) is 11.8 Å². The molecule has 0 amide bonds. The van der Waals surface area contributed by atoms with E-state index in [1.165, 1.54) is 0 Å². The van der Waals surface area contributed by atoms with Crippen LogP contribution in [0.5, 0.6) is 0 Å². The molecule has 0 aliphatic heterocycles. The number of aliphatic hydroxyl groups is 3. The molecule has 8 heteroatoms. The number of hydrogen-bond donors (Lipinski definition) is 5. The Morgan fingerprint density at radius 2 is 1.93 bits per heavy atom. The average Bonchev–Trinajstić information content (AvgIpc) is 1.96. The summed E-state index contributed by atoms with van der Waals surface area (Å²) in [5.41, 5.74) is 0.